The van der Waals surface area contributed by atoms with Crippen LogP contribution in [0.25, 0.3) is 22.3 Å². The second kappa shape index (κ2) is 7.77. The lowest BCUT2D eigenvalue weighted by molar-refractivity contribution is -0.116. The average Bonchev–Trinajstić information content (AvgIpc) is 3.32. The molecule has 2 heterocycles. The number of aromatic nitrogens is 3. The number of carbonyl (C=O) groups is 1. The van der Waals surface area contributed by atoms with Gasteiger partial charge in [0.25, 0.3) is 0 Å². The summed E-state index contributed by atoms with van der Waals surface area (Å²) in [5.74, 6) is 0.342. The summed E-state index contributed by atoms with van der Waals surface area (Å²) in [6, 6.07) is 12.4. The van der Waals surface area contributed by atoms with Crippen LogP contribution in [0.2, 0.25) is 0 Å². The van der Waals surface area contributed by atoms with Gasteiger partial charge in [-0.1, -0.05) is 12.1 Å². The summed E-state index contributed by atoms with van der Waals surface area (Å²) in [5.41, 5.74) is 3.06. The summed E-state index contributed by atoms with van der Waals surface area (Å²) in [6.07, 6.45) is 0.786. The Morgan fingerprint density at radius 2 is 2.11 bits per heavy atom. The Kier molecular flexibility index (Phi) is 5.03. The van der Waals surface area contributed by atoms with Crippen LogP contribution in [0.15, 0.2) is 47.8 Å². The van der Waals surface area contributed by atoms with E-state index in [1.807, 2.05) is 24.3 Å². The van der Waals surface area contributed by atoms with E-state index in [-0.39, 0.29) is 18.1 Å². The Morgan fingerprint density at radius 3 is 2.89 bits per heavy atom. The van der Waals surface area contributed by atoms with Gasteiger partial charge in [0.05, 0.1) is 23.8 Å². The van der Waals surface area contributed by atoms with Crippen molar-refractivity contribution in [3.8, 4) is 17.0 Å². The number of hydrogen-bond acceptors (Lipinski definition) is 5. The molecule has 0 unspecified atom stereocenters. The van der Waals surface area contributed by atoms with Crippen LogP contribution in [0.3, 0.4) is 0 Å². The lowest BCUT2D eigenvalue weighted by Crippen LogP contribution is -2.12. The number of aryl methyl sites for hydroxylation is 1. The van der Waals surface area contributed by atoms with Gasteiger partial charge in [-0.15, -0.1) is 11.3 Å². The van der Waals surface area contributed by atoms with E-state index in [0.717, 1.165) is 16.9 Å². The van der Waals surface area contributed by atoms with Crippen molar-refractivity contribution in [2.24, 2.45) is 0 Å². The largest absolute Gasteiger partial charge is 0.494 e. The van der Waals surface area contributed by atoms with E-state index in [2.05, 4.69) is 20.3 Å². The predicted octanol–water partition coefficient (Wildman–Crippen LogP) is 4.41. The quantitative estimate of drug-likeness (QED) is 0.506. The zero-order valence-electron chi connectivity index (χ0n) is 15.0. The predicted molar refractivity (Wildman–Crippen MR) is 107 cm³/mol. The van der Waals surface area contributed by atoms with Crippen molar-refractivity contribution in [3.05, 3.63) is 59.5 Å². The molecule has 2 aromatic carbocycles. The van der Waals surface area contributed by atoms with Crippen LogP contribution in [-0.2, 0) is 11.2 Å². The van der Waals surface area contributed by atoms with Gasteiger partial charge in [-0.25, -0.2) is 14.4 Å². The first kappa shape index (κ1) is 18.1. The topological polar surface area (TPSA) is 79.9 Å². The van der Waals surface area contributed by atoms with Crippen molar-refractivity contribution in [2.75, 3.05) is 12.4 Å². The molecule has 0 aliphatic rings. The molecule has 0 aliphatic carbocycles. The first-order valence-electron chi connectivity index (χ1n) is 8.65. The molecule has 0 spiro atoms. The molecule has 1 amide bonds. The van der Waals surface area contributed by atoms with Gasteiger partial charge in [0.2, 0.25) is 5.91 Å². The molecule has 0 radical (unpaired) electrons. The molecule has 0 atom stereocenters. The van der Waals surface area contributed by atoms with Crippen LogP contribution in [0, 0.1) is 5.82 Å². The second-order valence-electron chi connectivity index (χ2n) is 6.14. The number of amides is 1. The maximum absolute atomic E-state index is 13.9. The lowest BCUT2D eigenvalue weighted by atomic mass is 10.1. The fourth-order valence-electron chi connectivity index (χ4n) is 2.83. The number of imidazole rings is 1. The first-order valence-corrected chi connectivity index (χ1v) is 9.53. The molecule has 4 aromatic rings. The number of H-pyrrole nitrogens is 1. The van der Waals surface area contributed by atoms with Gasteiger partial charge in [0.1, 0.15) is 5.82 Å². The van der Waals surface area contributed by atoms with Crippen molar-refractivity contribution >= 4 is 33.4 Å². The highest BCUT2D eigenvalue weighted by atomic mass is 32.1. The smallest absolute Gasteiger partial charge is 0.226 e. The highest BCUT2D eigenvalue weighted by Crippen LogP contribution is 2.28. The van der Waals surface area contributed by atoms with Gasteiger partial charge in [0.15, 0.2) is 16.7 Å². The number of rotatable bonds is 6. The third-order valence-corrected chi connectivity index (χ3v) is 4.98. The summed E-state index contributed by atoms with van der Waals surface area (Å²) >= 11 is 1.29. The number of ether oxygens (including phenoxy) is 1. The number of methoxy groups -OCH3 is 1. The molecule has 2 aromatic heterocycles. The number of nitrogens with one attached hydrogen (secondary N) is 2. The molecule has 4 rings (SSSR count). The molecule has 0 fully saturated rings. The summed E-state index contributed by atoms with van der Waals surface area (Å²) in [6.45, 7) is 0. The van der Waals surface area contributed by atoms with E-state index in [4.69, 9.17) is 4.74 Å². The minimum absolute atomic E-state index is 0.151. The van der Waals surface area contributed by atoms with Crippen molar-refractivity contribution in [2.45, 2.75) is 12.8 Å². The van der Waals surface area contributed by atoms with Gasteiger partial charge in [-0.05, 0) is 30.3 Å². The summed E-state index contributed by atoms with van der Waals surface area (Å²) in [4.78, 5) is 24.3. The van der Waals surface area contributed by atoms with E-state index in [1.54, 1.807) is 17.5 Å². The molecule has 0 aliphatic heterocycles. The molecule has 0 saturated heterocycles. The zero-order valence-corrected chi connectivity index (χ0v) is 15.8. The van der Waals surface area contributed by atoms with Crippen LogP contribution in [-0.4, -0.2) is 28.0 Å². The molecule has 0 saturated carbocycles. The van der Waals surface area contributed by atoms with Crippen LogP contribution in [0.1, 0.15) is 12.2 Å². The van der Waals surface area contributed by atoms with E-state index in [0.29, 0.717) is 22.8 Å². The number of nitrogens with zero attached hydrogens (tertiary/aromatic N) is 2. The lowest BCUT2D eigenvalue weighted by Gasteiger charge is -2.03. The third kappa shape index (κ3) is 3.86. The SMILES string of the molecule is COc1ccc(-c2csc(NC(=O)CCc3nc4ccccc4[nH]3)n2)cc1F. The van der Waals surface area contributed by atoms with E-state index in [1.165, 1.54) is 24.5 Å². The number of carbonyl (C=O) groups excluding carboxylic acids is 1. The average molecular weight is 396 g/mol. The second-order valence-corrected chi connectivity index (χ2v) is 6.99. The highest BCUT2D eigenvalue weighted by Gasteiger charge is 2.11. The maximum Gasteiger partial charge on any atom is 0.226 e. The van der Waals surface area contributed by atoms with E-state index in [9.17, 15) is 9.18 Å². The molecule has 0 bridgehead atoms. The molecular weight excluding hydrogens is 379 g/mol. The summed E-state index contributed by atoms with van der Waals surface area (Å²) in [5, 5.41) is 5.03. The van der Waals surface area contributed by atoms with Crippen LogP contribution >= 0.6 is 11.3 Å². The number of aromatic amines is 1. The van der Waals surface area contributed by atoms with Crippen molar-refractivity contribution in [1.82, 2.24) is 15.0 Å². The number of para-hydroxylation sites is 2. The number of benzene rings is 2. The van der Waals surface area contributed by atoms with E-state index >= 15 is 0 Å². The zero-order chi connectivity index (χ0) is 19.5. The molecule has 8 heteroatoms. The van der Waals surface area contributed by atoms with E-state index < -0.39 is 5.82 Å². The van der Waals surface area contributed by atoms with Crippen LogP contribution in [0.5, 0.6) is 5.75 Å². The summed E-state index contributed by atoms with van der Waals surface area (Å²) < 4.78 is 18.8. The van der Waals surface area contributed by atoms with Gasteiger partial charge < -0.3 is 15.0 Å². The number of fused-ring (bicyclic) bond motifs is 1. The van der Waals surface area contributed by atoms with Gasteiger partial charge in [-0.2, -0.15) is 0 Å². The molecule has 6 nitrogen and oxygen atoms in total. The maximum atomic E-state index is 13.9. The fraction of sp³-hybridized carbons (Fsp3) is 0.150. The first-order chi connectivity index (χ1) is 13.6. The highest BCUT2D eigenvalue weighted by molar-refractivity contribution is 7.14. The van der Waals surface area contributed by atoms with Gasteiger partial charge in [0, 0.05) is 23.8 Å². The summed E-state index contributed by atoms with van der Waals surface area (Å²) in [7, 11) is 1.42. The number of hydrogen-bond donors (Lipinski definition) is 2. The fourth-order valence-corrected chi connectivity index (χ4v) is 3.56. The van der Waals surface area contributed by atoms with Crippen molar-refractivity contribution < 1.29 is 13.9 Å². The number of anilines is 1. The standard InChI is InChI=1S/C20H17FN4O2S/c1-27-17-7-6-12(10-13(17)21)16-11-28-20(24-16)25-19(26)9-8-18-22-14-4-2-3-5-15(14)23-18/h2-7,10-11H,8-9H2,1H3,(H,22,23)(H,24,25,26). The van der Waals surface area contributed by atoms with Crippen molar-refractivity contribution in [3.63, 3.8) is 0 Å². The normalized spacial score (nSPS) is 10.9. The van der Waals surface area contributed by atoms with Crippen LogP contribution < -0.4 is 10.1 Å². The molecule has 142 valence electrons. The monoisotopic (exact) mass is 396 g/mol. The number of halogens is 1. The Morgan fingerprint density at radius 1 is 1.25 bits per heavy atom. The number of thiazole rings is 1. The Bertz CT molecular complexity index is 1110. The molecule has 28 heavy (non-hydrogen) atoms. The minimum atomic E-state index is -0.454. The Labute approximate surface area is 164 Å². The Hall–Kier alpha value is -3.26. The van der Waals surface area contributed by atoms with Crippen molar-refractivity contribution in [1.29, 1.82) is 0 Å². The third-order valence-electron chi connectivity index (χ3n) is 4.23. The minimum Gasteiger partial charge on any atom is -0.494 e. The van der Waals surface area contributed by atoms with Gasteiger partial charge in [-0.3, -0.25) is 4.79 Å². The molecule has 2 N–H and O–H groups in total. The Balaban J connectivity index is 1.38. The molecular formula is C20H17FN4O2S. The van der Waals surface area contributed by atoms with Gasteiger partial charge >= 0.3 is 0 Å². The van der Waals surface area contributed by atoms with Crippen LogP contribution in [0.4, 0.5) is 9.52 Å².